The molecule has 3 atom stereocenters. The molecular formula is C6H13O7S. The van der Waals surface area contributed by atoms with Crippen LogP contribution in [0.25, 0.3) is 0 Å². The predicted molar refractivity (Wildman–Crippen MR) is 45.7 cm³/mol. The van der Waals surface area contributed by atoms with Gasteiger partial charge in [0.15, 0.2) is 0 Å². The van der Waals surface area contributed by atoms with Crippen molar-refractivity contribution in [1.29, 1.82) is 0 Å². The molecule has 85 valence electrons. The van der Waals surface area contributed by atoms with Gasteiger partial charge in [0.2, 0.25) is 0 Å². The van der Waals surface area contributed by atoms with Crippen LogP contribution in [0.5, 0.6) is 0 Å². The third-order valence-corrected chi connectivity index (χ3v) is 1.30. The third-order valence-electron chi connectivity index (χ3n) is 1.30. The molecule has 0 aromatic carbocycles. The van der Waals surface area contributed by atoms with Crippen molar-refractivity contribution in [2.75, 3.05) is 12.9 Å². The zero-order chi connectivity index (χ0) is 11.4. The van der Waals surface area contributed by atoms with Gasteiger partial charge in [0.1, 0.15) is 24.9 Å². The molecule has 0 amide bonds. The van der Waals surface area contributed by atoms with E-state index in [0.717, 1.165) is 6.61 Å². The summed E-state index contributed by atoms with van der Waals surface area (Å²) in [5.74, 6) is 0. The average Bonchev–Trinajstić information content (AvgIpc) is 2.30. The van der Waals surface area contributed by atoms with Gasteiger partial charge < -0.3 is 20.1 Å². The summed E-state index contributed by atoms with van der Waals surface area (Å²) in [5, 5.41) is 26.1. The van der Waals surface area contributed by atoms with Crippen LogP contribution >= 0.6 is 0 Å². The Morgan fingerprint density at radius 1 is 1.43 bits per heavy atom. The summed E-state index contributed by atoms with van der Waals surface area (Å²) < 4.78 is 30.5. The largest absolute Gasteiger partial charge is 0.394 e. The summed E-state index contributed by atoms with van der Waals surface area (Å²) in [4.78, 5) is 0. The lowest BCUT2D eigenvalue weighted by molar-refractivity contribution is -0.00317. The summed E-state index contributed by atoms with van der Waals surface area (Å²) in [6.45, 7) is 0.848. The van der Waals surface area contributed by atoms with E-state index in [2.05, 4.69) is 4.74 Å². The van der Waals surface area contributed by atoms with Gasteiger partial charge in [-0.05, 0) is 0 Å². The Morgan fingerprint density at radius 2 is 1.86 bits per heavy atom. The van der Waals surface area contributed by atoms with E-state index < -0.39 is 28.4 Å². The van der Waals surface area contributed by atoms with Crippen molar-refractivity contribution in [3.63, 3.8) is 0 Å². The van der Waals surface area contributed by atoms with E-state index in [0.29, 0.717) is 6.26 Å². The number of aliphatic hydroxyl groups is 3. The molecule has 4 N–H and O–H groups in total. The topological polar surface area (TPSA) is 124 Å². The standard InChI is InChI=1S/C5H9O4.CH4O3S/c6-1-4-5(8)3(7)2-9-4;1-5(2,3)4/h2-8H,1H2;1H3,(H,2,3,4)/t3-,4+,5-;/m0./s1. The summed E-state index contributed by atoms with van der Waals surface area (Å²) in [5.41, 5.74) is 0. The lowest BCUT2D eigenvalue weighted by Gasteiger charge is -2.10. The second kappa shape index (κ2) is 5.59. The normalized spacial score (nSPS) is 32.2. The summed E-state index contributed by atoms with van der Waals surface area (Å²) in [6.07, 6.45) is -1.87. The van der Waals surface area contributed by atoms with Gasteiger partial charge in [-0.1, -0.05) is 0 Å². The first-order chi connectivity index (χ1) is 6.25. The predicted octanol–water partition coefficient (Wildman–Crippen LogP) is -2.23. The molecule has 1 aliphatic rings. The number of aliphatic hydroxyl groups excluding tert-OH is 3. The lowest BCUT2D eigenvalue weighted by Crippen LogP contribution is -2.31. The van der Waals surface area contributed by atoms with E-state index in [1.807, 2.05) is 0 Å². The van der Waals surface area contributed by atoms with Gasteiger partial charge in [-0.15, -0.1) is 0 Å². The molecule has 8 heteroatoms. The molecule has 1 heterocycles. The second-order valence-electron chi connectivity index (χ2n) is 2.71. The van der Waals surface area contributed by atoms with Crippen LogP contribution in [-0.4, -0.2) is 59.5 Å². The highest BCUT2D eigenvalue weighted by Gasteiger charge is 2.34. The van der Waals surface area contributed by atoms with E-state index in [-0.39, 0.29) is 6.61 Å². The minimum absolute atomic E-state index is 0.269. The van der Waals surface area contributed by atoms with Crippen LogP contribution in [0.1, 0.15) is 0 Å². The van der Waals surface area contributed by atoms with Crippen molar-refractivity contribution in [2.45, 2.75) is 18.3 Å². The monoisotopic (exact) mass is 229 g/mol. The Kier molecular flexibility index (Phi) is 5.49. The van der Waals surface area contributed by atoms with E-state index in [9.17, 15) is 8.42 Å². The molecule has 1 rings (SSSR count). The van der Waals surface area contributed by atoms with Crippen molar-refractivity contribution < 1.29 is 33.0 Å². The summed E-state index contributed by atoms with van der Waals surface area (Å²) in [7, 11) is -3.67. The van der Waals surface area contributed by atoms with E-state index in [1.165, 1.54) is 0 Å². The maximum absolute atomic E-state index is 9.19. The van der Waals surface area contributed by atoms with Gasteiger partial charge in [-0.2, -0.15) is 8.42 Å². The molecule has 0 spiro atoms. The molecule has 1 fully saturated rings. The second-order valence-corrected chi connectivity index (χ2v) is 4.17. The van der Waals surface area contributed by atoms with Crippen molar-refractivity contribution in [2.24, 2.45) is 0 Å². The number of rotatable bonds is 1. The Morgan fingerprint density at radius 3 is 2.00 bits per heavy atom. The zero-order valence-electron chi connectivity index (χ0n) is 7.44. The van der Waals surface area contributed by atoms with Gasteiger partial charge in [-0.3, -0.25) is 4.55 Å². The zero-order valence-corrected chi connectivity index (χ0v) is 8.25. The van der Waals surface area contributed by atoms with E-state index in [4.69, 9.17) is 19.9 Å². The van der Waals surface area contributed by atoms with Crippen molar-refractivity contribution in [3.05, 3.63) is 6.61 Å². The van der Waals surface area contributed by atoms with Gasteiger partial charge in [0, 0.05) is 0 Å². The van der Waals surface area contributed by atoms with Gasteiger partial charge in [0.25, 0.3) is 10.1 Å². The molecule has 0 bridgehead atoms. The third kappa shape index (κ3) is 6.24. The van der Waals surface area contributed by atoms with Gasteiger partial charge in [0.05, 0.1) is 12.9 Å². The highest BCUT2D eigenvalue weighted by Crippen LogP contribution is 2.16. The molecule has 7 nitrogen and oxygen atoms in total. The minimum Gasteiger partial charge on any atom is -0.394 e. The molecule has 0 saturated carbocycles. The quantitative estimate of drug-likeness (QED) is 0.375. The molecule has 1 saturated heterocycles. The number of hydrogen-bond donors (Lipinski definition) is 4. The van der Waals surface area contributed by atoms with Crippen LogP contribution in [0.3, 0.4) is 0 Å². The fourth-order valence-electron chi connectivity index (χ4n) is 0.713. The molecule has 0 aromatic rings. The smallest absolute Gasteiger partial charge is 0.261 e. The fraction of sp³-hybridized carbons (Fsp3) is 0.833. The Bertz CT molecular complexity index is 241. The van der Waals surface area contributed by atoms with Crippen molar-refractivity contribution in [3.8, 4) is 0 Å². The maximum Gasteiger partial charge on any atom is 0.261 e. The first-order valence-electron chi connectivity index (χ1n) is 3.64. The number of hydrogen-bond acceptors (Lipinski definition) is 6. The molecule has 1 aliphatic heterocycles. The summed E-state index contributed by atoms with van der Waals surface area (Å²) in [6, 6.07) is 0. The fourth-order valence-corrected chi connectivity index (χ4v) is 0.713. The SMILES string of the molecule is CS(=O)(=O)O.OC[C@H]1O[CH][C@H](O)[C@@H]1O. The first-order valence-corrected chi connectivity index (χ1v) is 5.48. The van der Waals surface area contributed by atoms with Crippen LogP contribution in [0.15, 0.2) is 0 Å². The van der Waals surface area contributed by atoms with Gasteiger partial charge in [-0.25, -0.2) is 0 Å². The first kappa shape index (κ1) is 13.8. The average molecular weight is 229 g/mol. The highest BCUT2D eigenvalue weighted by atomic mass is 32.2. The van der Waals surface area contributed by atoms with Crippen LogP contribution < -0.4 is 0 Å². The van der Waals surface area contributed by atoms with Crippen LogP contribution in [0, 0.1) is 6.61 Å². The van der Waals surface area contributed by atoms with Crippen LogP contribution in [-0.2, 0) is 14.9 Å². The Balaban J connectivity index is 0.000000292. The lowest BCUT2D eigenvalue weighted by atomic mass is 10.2. The number of ether oxygens (including phenoxy) is 1. The minimum atomic E-state index is -3.67. The molecule has 14 heavy (non-hydrogen) atoms. The molecule has 0 unspecified atom stereocenters. The van der Waals surface area contributed by atoms with Crippen LogP contribution in [0.4, 0.5) is 0 Å². The van der Waals surface area contributed by atoms with Crippen LogP contribution in [0.2, 0.25) is 0 Å². The Hall–Kier alpha value is -0.250. The molecular weight excluding hydrogens is 216 g/mol. The Labute approximate surface area is 81.7 Å². The van der Waals surface area contributed by atoms with Crippen molar-refractivity contribution in [1.82, 2.24) is 0 Å². The van der Waals surface area contributed by atoms with E-state index >= 15 is 0 Å². The molecule has 0 aromatic heterocycles. The molecule has 1 radical (unpaired) electrons. The maximum atomic E-state index is 9.19. The van der Waals surface area contributed by atoms with Gasteiger partial charge >= 0.3 is 0 Å². The van der Waals surface area contributed by atoms with E-state index in [1.54, 1.807) is 0 Å². The highest BCUT2D eigenvalue weighted by molar-refractivity contribution is 7.85. The molecule has 0 aliphatic carbocycles. The summed E-state index contributed by atoms with van der Waals surface area (Å²) >= 11 is 0. The van der Waals surface area contributed by atoms with Crippen molar-refractivity contribution >= 4 is 10.1 Å².